The van der Waals surface area contributed by atoms with Crippen LogP contribution in [-0.4, -0.2) is 23.1 Å². The van der Waals surface area contributed by atoms with Gasteiger partial charge in [-0.15, -0.1) is 0 Å². The molecule has 2 aromatic rings. The molecule has 1 aromatic carbocycles. The number of nitrogens with one attached hydrogen (secondary N) is 1. The molecule has 1 atom stereocenters. The smallest absolute Gasteiger partial charge is 0.289 e. The second-order valence-corrected chi connectivity index (χ2v) is 5.44. The molecule has 0 aliphatic carbocycles. The Labute approximate surface area is 132 Å². The number of rotatable bonds is 4. The van der Waals surface area contributed by atoms with E-state index in [0.29, 0.717) is 19.0 Å². The van der Waals surface area contributed by atoms with E-state index in [0.717, 1.165) is 17.7 Å². The molecule has 6 nitrogen and oxygen atoms in total. The van der Waals surface area contributed by atoms with Gasteiger partial charge < -0.3 is 10.1 Å². The fourth-order valence-electron chi connectivity index (χ4n) is 2.51. The molecule has 114 valence electrons. The molecule has 1 aliphatic heterocycles. The number of anilines is 1. The summed E-state index contributed by atoms with van der Waals surface area (Å²) in [4.78, 5) is 14.2. The highest BCUT2D eigenvalue weighted by Crippen LogP contribution is 2.34. The van der Waals surface area contributed by atoms with Crippen LogP contribution in [0.15, 0.2) is 36.5 Å². The number of fused-ring (bicyclic) bond motifs is 1. The van der Waals surface area contributed by atoms with E-state index in [1.54, 1.807) is 0 Å². The molecule has 22 heavy (non-hydrogen) atoms. The van der Waals surface area contributed by atoms with Gasteiger partial charge in [0.2, 0.25) is 0 Å². The summed E-state index contributed by atoms with van der Waals surface area (Å²) < 4.78 is 5.63. The topological polar surface area (TPSA) is 77.3 Å². The van der Waals surface area contributed by atoms with Crippen molar-refractivity contribution in [3.63, 3.8) is 0 Å². The number of para-hydroxylation sites is 1. The van der Waals surface area contributed by atoms with Crippen molar-refractivity contribution in [3.05, 3.63) is 57.2 Å². The van der Waals surface area contributed by atoms with Crippen molar-refractivity contribution in [2.75, 3.05) is 18.5 Å². The van der Waals surface area contributed by atoms with Crippen LogP contribution in [0.2, 0.25) is 5.02 Å². The third kappa shape index (κ3) is 2.96. The van der Waals surface area contributed by atoms with Gasteiger partial charge in [-0.05, 0) is 18.1 Å². The highest BCUT2D eigenvalue weighted by molar-refractivity contribution is 6.33. The summed E-state index contributed by atoms with van der Waals surface area (Å²) in [5, 5.41) is 14.1. The van der Waals surface area contributed by atoms with Crippen molar-refractivity contribution in [2.45, 2.75) is 12.3 Å². The Morgan fingerprint density at radius 3 is 3.05 bits per heavy atom. The van der Waals surface area contributed by atoms with Crippen LogP contribution >= 0.6 is 11.6 Å². The Morgan fingerprint density at radius 1 is 1.45 bits per heavy atom. The lowest BCUT2D eigenvalue weighted by molar-refractivity contribution is -0.385. The number of hydrogen-bond donors (Lipinski definition) is 1. The van der Waals surface area contributed by atoms with Gasteiger partial charge in [-0.3, -0.25) is 10.1 Å². The average molecular weight is 320 g/mol. The summed E-state index contributed by atoms with van der Waals surface area (Å²) in [5.41, 5.74) is 1.03. The molecule has 1 aliphatic rings. The minimum Gasteiger partial charge on any atom is -0.493 e. The zero-order chi connectivity index (χ0) is 15.5. The van der Waals surface area contributed by atoms with Crippen LogP contribution in [0.25, 0.3) is 0 Å². The Bertz CT molecular complexity index is 708. The molecular weight excluding hydrogens is 306 g/mol. The van der Waals surface area contributed by atoms with Crippen LogP contribution in [0.4, 0.5) is 11.5 Å². The van der Waals surface area contributed by atoms with Gasteiger partial charge in [-0.1, -0.05) is 29.8 Å². The first-order valence-corrected chi connectivity index (χ1v) is 7.28. The number of ether oxygens (including phenoxy) is 1. The molecule has 1 unspecified atom stereocenters. The number of pyridine rings is 1. The molecule has 7 heteroatoms. The minimum absolute atomic E-state index is 0.119. The van der Waals surface area contributed by atoms with Gasteiger partial charge in [0, 0.05) is 18.5 Å². The molecule has 0 amide bonds. The summed E-state index contributed by atoms with van der Waals surface area (Å²) >= 11 is 6.04. The Hall–Kier alpha value is -2.34. The lowest BCUT2D eigenvalue weighted by atomic mass is 9.93. The summed E-state index contributed by atoms with van der Waals surface area (Å²) in [7, 11) is 0. The van der Waals surface area contributed by atoms with Gasteiger partial charge in [0.15, 0.2) is 0 Å². The molecular formula is C15H14ClN3O3. The van der Waals surface area contributed by atoms with E-state index in [1.165, 1.54) is 12.3 Å². The molecule has 0 bridgehead atoms. The van der Waals surface area contributed by atoms with Crippen LogP contribution in [0, 0.1) is 10.1 Å². The van der Waals surface area contributed by atoms with E-state index in [9.17, 15) is 10.1 Å². The molecule has 0 saturated carbocycles. The van der Waals surface area contributed by atoms with E-state index in [4.69, 9.17) is 16.3 Å². The predicted molar refractivity (Wildman–Crippen MR) is 83.7 cm³/mol. The largest absolute Gasteiger partial charge is 0.493 e. The fourth-order valence-corrected chi connectivity index (χ4v) is 2.73. The molecule has 1 N–H and O–H groups in total. The van der Waals surface area contributed by atoms with Crippen molar-refractivity contribution >= 4 is 23.1 Å². The number of nitrogens with zero attached hydrogens (tertiary/aromatic N) is 2. The van der Waals surface area contributed by atoms with Crippen molar-refractivity contribution in [2.24, 2.45) is 0 Å². The van der Waals surface area contributed by atoms with Crippen LogP contribution in [0.1, 0.15) is 17.9 Å². The van der Waals surface area contributed by atoms with Crippen LogP contribution in [0.3, 0.4) is 0 Å². The minimum atomic E-state index is -0.516. The maximum Gasteiger partial charge on any atom is 0.289 e. The zero-order valence-corrected chi connectivity index (χ0v) is 12.4. The van der Waals surface area contributed by atoms with E-state index >= 15 is 0 Å². The lowest BCUT2D eigenvalue weighted by Crippen LogP contribution is -2.21. The van der Waals surface area contributed by atoms with Gasteiger partial charge in [0.1, 0.15) is 17.8 Å². The highest BCUT2D eigenvalue weighted by atomic mass is 35.5. The lowest BCUT2D eigenvalue weighted by Gasteiger charge is -2.26. The highest BCUT2D eigenvalue weighted by Gasteiger charge is 2.21. The number of benzene rings is 1. The molecule has 0 saturated heterocycles. The third-order valence-electron chi connectivity index (χ3n) is 3.64. The van der Waals surface area contributed by atoms with Gasteiger partial charge in [-0.2, -0.15) is 0 Å². The molecule has 0 spiro atoms. The number of halogens is 1. The monoisotopic (exact) mass is 319 g/mol. The fraction of sp³-hybridized carbons (Fsp3) is 0.267. The van der Waals surface area contributed by atoms with E-state index in [-0.39, 0.29) is 16.6 Å². The quantitative estimate of drug-likeness (QED) is 0.688. The second kappa shape index (κ2) is 6.19. The Kier molecular flexibility index (Phi) is 4.11. The van der Waals surface area contributed by atoms with Crippen molar-refractivity contribution < 1.29 is 9.66 Å². The zero-order valence-electron chi connectivity index (χ0n) is 11.7. The predicted octanol–water partition coefficient (Wildman–Crippen LogP) is 3.62. The molecule has 0 fully saturated rings. The van der Waals surface area contributed by atoms with Crippen LogP contribution in [-0.2, 0) is 0 Å². The summed E-state index contributed by atoms with van der Waals surface area (Å²) in [6.07, 6.45) is 2.10. The number of hydrogen-bond acceptors (Lipinski definition) is 5. The van der Waals surface area contributed by atoms with Crippen molar-refractivity contribution in [1.82, 2.24) is 4.98 Å². The molecule has 3 rings (SSSR count). The second-order valence-electron chi connectivity index (χ2n) is 5.03. The average Bonchev–Trinajstić information content (AvgIpc) is 2.53. The van der Waals surface area contributed by atoms with Gasteiger partial charge in [-0.25, -0.2) is 4.98 Å². The van der Waals surface area contributed by atoms with Crippen LogP contribution in [0.5, 0.6) is 5.75 Å². The van der Waals surface area contributed by atoms with Gasteiger partial charge in [0.25, 0.3) is 5.69 Å². The number of nitro groups is 1. The van der Waals surface area contributed by atoms with Gasteiger partial charge in [0.05, 0.1) is 16.6 Å². The van der Waals surface area contributed by atoms with E-state index < -0.39 is 4.92 Å². The van der Waals surface area contributed by atoms with Crippen molar-refractivity contribution in [1.29, 1.82) is 0 Å². The Morgan fingerprint density at radius 2 is 2.27 bits per heavy atom. The standard InChI is InChI=1S/C15H14ClN3O3/c16-13-7-11(19(20)21)9-18-15(13)17-8-10-5-6-22-14-4-2-1-3-12(10)14/h1-4,7,9-10H,5-6,8H2,(H,17,18). The third-order valence-corrected chi connectivity index (χ3v) is 3.92. The molecule has 2 heterocycles. The maximum atomic E-state index is 10.7. The summed E-state index contributed by atoms with van der Waals surface area (Å²) in [6.45, 7) is 1.32. The van der Waals surface area contributed by atoms with E-state index in [2.05, 4.69) is 10.3 Å². The van der Waals surface area contributed by atoms with E-state index in [1.807, 2.05) is 24.3 Å². The number of aromatic nitrogens is 1. The van der Waals surface area contributed by atoms with Crippen molar-refractivity contribution in [3.8, 4) is 5.75 Å². The molecule has 1 aromatic heterocycles. The Balaban J connectivity index is 1.72. The first-order chi connectivity index (χ1) is 10.6. The molecule has 0 radical (unpaired) electrons. The summed E-state index contributed by atoms with van der Waals surface area (Å²) in [6, 6.07) is 9.24. The van der Waals surface area contributed by atoms with Gasteiger partial charge >= 0.3 is 0 Å². The van der Waals surface area contributed by atoms with Crippen LogP contribution < -0.4 is 10.1 Å². The maximum absolute atomic E-state index is 10.7. The first-order valence-electron chi connectivity index (χ1n) is 6.90. The first kappa shape index (κ1) is 14.6. The SMILES string of the molecule is O=[N+]([O-])c1cnc(NCC2CCOc3ccccc32)c(Cl)c1. The summed E-state index contributed by atoms with van der Waals surface area (Å²) in [5.74, 6) is 1.65. The normalized spacial score (nSPS) is 16.5.